The molecule has 0 unspecified atom stereocenters. The first kappa shape index (κ1) is 11.0. The largest absolute Gasteiger partial charge is 0.504 e. The van der Waals surface area contributed by atoms with E-state index in [-0.39, 0.29) is 11.3 Å². The number of rotatable bonds is 4. The third kappa shape index (κ3) is 2.26. The molecule has 0 bridgehead atoms. The van der Waals surface area contributed by atoms with Crippen molar-refractivity contribution in [2.45, 2.75) is 13.3 Å². The van der Waals surface area contributed by atoms with Crippen molar-refractivity contribution >= 4 is 22.2 Å². The van der Waals surface area contributed by atoms with Crippen LogP contribution < -0.4 is 4.74 Å². The van der Waals surface area contributed by atoms with Gasteiger partial charge in [-0.2, -0.15) is 0 Å². The molecule has 0 atom stereocenters. The van der Waals surface area contributed by atoms with E-state index in [4.69, 9.17) is 4.74 Å². The van der Waals surface area contributed by atoms with E-state index in [2.05, 4.69) is 15.9 Å². The highest BCUT2D eigenvalue weighted by atomic mass is 79.9. The molecule has 0 heterocycles. The van der Waals surface area contributed by atoms with Crippen LogP contribution >= 0.6 is 15.9 Å². The fourth-order valence-electron chi connectivity index (χ4n) is 1.00. The van der Waals surface area contributed by atoms with Gasteiger partial charge in [-0.1, -0.05) is 6.92 Å². The lowest BCUT2D eigenvalue weighted by Gasteiger charge is -2.08. The average molecular weight is 259 g/mol. The number of aldehydes is 1. The molecule has 0 aliphatic rings. The van der Waals surface area contributed by atoms with E-state index in [9.17, 15) is 9.90 Å². The summed E-state index contributed by atoms with van der Waals surface area (Å²) in [7, 11) is 0. The maximum atomic E-state index is 10.6. The molecule has 1 N–H and O–H groups in total. The van der Waals surface area contributed by atoms with Gasteiger partial charge in [-0.15, -0.1) is 0 Å². The second kappa shape index (κ2) is 5.00. The molecule has 1 aromatic rings. The summed E-state index contributed by atoms with van der Waals surface area (Å²) >= 11 is 3.16. The Balaban J connectivity index is 3.02. The highest BCUT2D eigenvalue weighted by molar-refractivity contribution is 9.10. The number of benzene rings is 1. The van der Waals surface area contributed by atoms with Crippen LogP contribution in [0.4, 0.5) is 0 Å². The zero-order chi connectivity index (χ0) is 10.6. The fourth-order valence-corrected chi connectivity index (χ4v) is 1.42. The molecule has 0 spiro atoms. The van der Waals surface area contributed by atoms with Crippen LogP contribution in [0, 0.1) is 0 Å². The van der Waals surface area contributed by atoms with Crippen molar-refractivity contribution in [2.75, 3.05) is 6.61 Å². The van der Waals surface area contributed by atoms with Crippen molar-refractivity contribution in [2.24, 2.45) is 0 Å². The van der Waals surface area contributed by atoms with Gasteiger partial charge in [-0.05, 0) is 34.5 Å². The van der Waals surface area contributed by atoms with Crippen LogP contribution in [-0.2, 0) is 0 Å². The maximum Gasteiger partial charge on any atom is 0.169 e. The van der Waals surface area contributed by atoms with Crippen LogP contribution in [0.25, 0.3) is 0 Å². The van der Waals surface area contributed by atoms with Crippen molar-refractivity contribution < 1.29 is 14.6 Å². The van der Waals surface area contributed by atoms with Crippen molar-refractivity contribution in [3.63, 3.8) is 0 Å². The Morgan fingerprint density at radius 2 is 2.29 bits per heavy atom. The highest BCUT2D eigenvalue weighted by Gasteiger charge is 2.10. The summed E-state index contributed by atoms with van der Waals surface area (Å²) in [5.74, 6) is 0.236. The number of halogens is 1. The van der Waals surface area contributed by atoms with Gasteiger partial charge in [0.05, 0.1) is 12.2 Å². The molecule has 0 aliphatic heterocycles. The summed E-state index contributed by atoms with van der Waals surface area (Å²) in [6, 6.07) is 3.30. The van der Waals surface area contributed by atoms with Crippen LogP contribution in [0.15, 0.2) is 16.6 Å². The predicted octanol–water partition coefficient (Wildman–Crippen LogP) is 2.76. The summed E-state index contributed by atoms with van der Waals surface area (Å²) in [6.45, 7) is 2.49. The normalized spacial score (nSPS) is 9.86. The van der Waals surface area contributed by atoms with Gasteiger partial charge in [0.25, 0.3) is 0 Å². The maximum absolute atomic E-state index is 10.6. The van der Waals surface area contributed by atoms with Gasteiger partial charge in [0, 0.05) is 4.47 Å². The summed E-state index contributed by atoms with van der Waals surface area (Å²) in [5.41, 5.74) is 0.221. The van der Waals surface area contributed by atoms with Gasteiger partial charge in [0.1, 0.15) is 0 Å². The molecule has 76 valence electrons. The van der Waals surface area contributed by atoms with Crippen molar-refractivity contribution in [1.82, 2.24) is 0 Å². The first-order valence-electron chi connectivity index (χ1n) is 4.30. The standard InChI is InChI=1S/C10H11BrO3/c1-2-5-14-9-4-3-8(11)7(6-12)10(9)13/h3-4,6,13H,2,5H2,1H3. The Hall–Kier alpha value is -1.03. The molecule has 0 fully saturated rings. The van der Waals surface area contributed by atoms with Gasteiger partial charge < -0.3 is 9.84 Å². The number of hydrogen-bond acceptors (Lipinski definition) is 3. The Morgan fingerprint density at radius 1 is 1.57 bits per heavy atom. The van der Waals surface area contributed by atoms with E-state index in [1.54, 1.807) is 12.1 Å². The lowest BCUT2D eigenvalue weighted by atomic mass is 10.2. The molecule has 1 aromatic carbocycles. The van der Waals surface area contributed by atoms with E-state index in [1.807, 2.05) is 6.92 Å². The third-order valence-corrected chi connectivity index (χ3v) is 2.40. The van der Waals surface area contributed by atoms with Gasteiger partial charge in [0.15, 0.2) is 17.8 Å². The molecule has 0 aliphatic carbocycles. The molecule has 0 saturated heterocycles. The lowest BCUT2D eigenvalue weighted by molar-refractivity contribution is 0.111. The van der Waals surface area contributed by atoms with Crippen molar-refractivity contribution in [3.8, 4) is 11.5 Å². The number of phenols is 1. The predicted molar refractivity (Wildman–Crippen MR) is 57.0 cm³/mol. The number of phenolic OH excluding ortho intramolecular Hbond substituents is 1. The van der Waals surface area contributed by atoms with Crippen LogP contribution in [0.1, 0.15) is 23.7 Å². The Bertz CT molecular complexity index is 336. The van der Waals surface area contributed by atoms with Crippen LogP contribution in [0.2, 0.25) is 0 Å². The smallest absolute Gasteiger partial charge is 0.169 e. The summed E-state index contributed by atoms with van der Waals surface area (Å²) in [4.78, 5) is 10.6. The first-order valence-corrected chi connectivity index (χ1v) is 5.09. The quantitative estimate of drug-likeness (QED) is 0.845. The minimum absolute atomic E-state index is 0.108. The first-order chi connectivity index (χ1) is 6.70. The monoisotopic (exact) mass is 258 g/mol. The zero-order valence-corrected chi connectivity index (χ0v) is 9.37. The van der Waals surface area contributed by atoms with E-state index >= 15 is 0 Å². The van der Waals surface area contributed by atoms with Crippen LogP contribution in [-0.4, -0.2) is 18.0 Å². The molecule has 0 radical (unpaired) electrons. The number of hydrogen-bond donors (Lipinski definition) is 1. The highest BCUT2D eigenvalue weighted by Crippen LogP contribution is 2.33. The second-order valence-electron chi connectivity index (χ2n) is 2.77. The van der Waals surface area contributed by atoms with Gasteiger partial charge in [0.2, 0.25) is 0 Å². The molecule has 1 rings (SSSR count). The number of carbonyl (C=O) groups excluding carboxylic acids is 1. The summed E-state index contributed by atoms with van der Waals surface area (Å²) in [5, 5.41) is 9.61. The molecule has 4 heteroatoms. The molecule has 0 saturated carbocycles. The number of carbonyl (C=O) groups is 1. The summed E-state index contributed by atoms with van der Waals surface area (Å²) < 4.78 is 5.82. The third-order valence-electron chi connectivity index (χ3n) is 1.71. The van der Waals surface area contributed by atoms with E-state index in [0.29, 0.717) is 23.1 Å². The minimum atomic E-state index is -0.108. The zero-order valence-electron chi connectivity index (χ0n) is 7.79. The molecule has 3 nitrogen and oxygen atoms in total. The Kier molecular flexibility index (Phi) is 3.95. The molecule has 14 heavy (non-hydrogen) atoms. The molecular formula is C10H11BrO3. The van der Waals surface area contributed by atoms with Crippen molar-refractivity contribution in [3.05, 3.63) is 22.2 Å². The summed E-state index contributed by atoms with van der Waals surface area (Å²) in [6.07, 6.45) is 1.45. The Labute approximate surface area is 90.8 Å². The van der Waals surface area contributed by atoms with E-state index < -0.39 is 0 Å². The number of ether oxygens (including phenoxy) is 1. The SMILES string of the molecule is CCCOc1ccc(Br)c(C=O)c1O. The second-order valence-corrected chi connectivity index (χ2v) is 3.63. The van der Waals surface area contributed by atoms with Crippen LogP contribution in [0.5, 0.6) is 11.5 Å². The number of aromatic hydroxyl groups is 1. The van der Waals surface area contributed by atoms with Gasteiger partial charge in [-0.3, -0.25) is 4.79 Å². The molecule has 0 amide bonds. The van der Waals surface area contributed by atoms with E-state index in [1.165, 1.54) is 0 Å². The topological polar surface area (TPSA) is 46.5 Å². The van der Waals surface area contributed by atoms with Crippen LogP contribution in [0.3, 0.4) is 0 Å². The average Bonchev–Trinajstić information content (AvgIpc) is 2.18. The minimum Gasteiger partial charge on any atom is -0.504 e. The van der Waals surface area contributed by atoms with E-state index in [0.717, 1.165) is 6.42 Å². The fraction of sp³-hybridized carbons (Fsp3) is 0.300. The van der Waals surface area contributed by atoms with Gasteiger partial charge >= 0.3 is 0 Å². The van der Waals surface area contributed by atoms with Crippen molar-refractivity contribution in [1.29, 1.82) is 0 Å². The Morgan fingerprint density at radius 3 is 2.86 bits per heavy atom. The molecular weight excluding hydrogens is 248 g/mol. The van der Waals surface area contributed by atoms with Gasteiger partial charge in [-0.25, -0.2) is 0 Å². The lowest BCUT2D eigenvalue weighted by Crippen LogP contribution is -1.97. The molecule has 0 aromatic heterocycles.